The summed E-state index contributed by atoms with van der Waals surface area (Å²) in [6.45, 7) is 0. The van der Waals surface area contributed by atoms with Crippen LogP contribution in [0.3, 0.4) is 0 Å². The summed E-state index contributed by atoms with van der Waals surface area (Å²) in [5.41, 5.74) is 1.23. The number of hydrogen-bond donors (Lipinski definition) is 0. The van der Waals surface area contributed by atoms with E-state index in [9.17, 15) is 14.9 Å². The fourth-order valence-electron chi connectivity index (χ4n) is 2.14. The van der Waals surface area contributed by atoms with Crippen LogP contribution in [-0.4, -0.2) is 10.9 Å². The summed E-state index contributed by atoms with van der Waals surface area (Å²) < 4.78 is 5.17. The largest absolute Gasteiger partial charge is 0.422 e. The van der Waals surface area contributed by atoms with Gasteiger partial charge in [0.2, 0.25) is 0 Å². The first kappa shape index (κ1) is 13.3. The summed E-state index contributed by atoms with van der Waals surface area (Å²) in [6, 6.07) is 11.1. The number of benzene rings is 2. The van der Waals surface area contributed by atoms with Crippen molar-refractivity contribution in [1.29, 1.82) is 0 Å². The van der Waals surface area contributed by atoms with E-state index in [4.69, 9.17) is 16.3 Å². The Balaban J connectivity index is 2.14. The molecule has 6 heteroatoms. The maximum absolute atomic E-state index is 11.7. The van der Waals surface area contributed by atoms with Crippen LogP contribution in [0.2, 0.25) is 5.02 Å². The number of rotatable bonds is 2. The second kappa shape index (κ2) is 5.03. The van der Waals surface area contributed by atoms with Crippen molar-refractivity contribution in [2.75, 3.05) is 0 Å². The third kappa shape index (κ3) is 2.39. The highest BCUT2D eigenvalue weighted by molar-refractivity contribution is 6.30. The molecule has 3 rings (SSSR count). The molecule has 1 aliphatic rings. The molecule has 0 saturated heterocycles. The first-order valence-corrected chi connectivity index (χ1v) is 6.41. The molecule has 1 aliphatic heterocycles. The number of nitro groups is 1. The van der Waals surface area contributed by atoms with E-state index in [-0.39, 0.29) is 17.0 Å². The molecule has 104 valence electrons. The number of ether oxygens (including phenoxy) is 1. The van der Waals surface area contributed by atoms with Crippen molar-refractivity contribution in [2.45, 2.75) is 0 Å². The van der Waals surface area contributed by atoms with Crippen LogP contribution in [0.1, 0.15) is 21.5 Å². The Bertz CT molecular complexity index is 798. The van der Waals surface area contributed by atoms with Gasteiger partial charge in [0.1, 0.15) is 5.76 Å². The smallest absolute Gasteiger partial charge is 0.344 e. The van der Waals surface area contributed by atoms with Gasteiger partial charge in [-0.15, -0.1) is 0 Å². The predicted octanol–water partition coefficient (Wildman–Crippen LogP) is 3.92. The van der Waals surface area contributed by atoms with Gasteiger partial charge in [-0.2, -0.15) is 0 Å². The molecule has 1 heterocycles. The molecule has 2 aromatic rings. The topological polar surface area (TPSA) is 69.4 Å². The van der Waals surface area contributed by atoms with Gasteiger partial charge in [0.25, 0.3) is 5.69 Å². The van der Waals surface area contributed by atoms with Crippen LogP contribution in [0.15, 0.2) is 42.5 Å². The summed E-state index contributed by atoms with van der Waals surface area (Å²) >= 11 is 5.88. The van der Waals surface area contributed by atoms with Gasteiger partial charge >= 0.3 is 5.97 Å². The fourth-order valence-corrected chi connectivity index (χ4v) is 2.32. The van der Waals surface area contributed by atoms with Gasteiger partial charge in [0.15, 0.2) is 0 Å². The minimum Gasteiger partial charge on any atom is -0.422 e. The first-order valence-electron chi connectivity index (χ1n) is 6.03. The fraction of sp³-hybridized carbons (Fsp3) is 0. The van der Waals surface area contributed by atoms with Crippen LogP contribution in [0.4, 0.5) is 5.69 Å². The molecule has 0 N–H and O–H groups in total. The van der Waals surface area contributed by atoms with Gasteiger partial charge in [0, 0.05) is 16.7 Å². The lowest BCUT2D eigenvalue weighted by Gasteiger charge is -2.01. The highest BCUT2D eigenvalue weighted by atomic mass is 35.5. The van der Waals surface area contributed by atoms with Crippen LogP contribution in [-0.2, 0) is 4.74 Å². The predicted molar refractivity (Wildman–Crippen MR) is 77.8 cm³/mol. The second-order valence-corrected chi connectivity index (χ2v) is 4.84. The Morgan fingerprint density at radius 2 is 1.86 bits per heavy atom. The van der Waals surface area contributed by atoms with Gasteiger partial charge in [-0.1, -0.05) is 29.8 Å². The van der Waals surface area contributed by atoms with Gasteiger partial charge < -0.3 is 4.74 Å². The van der Waals surface area contributed by atoms with Crippen LogP contribution >= 0.6 is 11.6 Å². The Kier molecular flexibility index (Phi) is 3.19. The second-order valence-electron chi connectivity index (χ2n) is 4.40. The number of nitrogens with zero attached hydrogens (tertiary/aromatic N) is 1. The number of carbonyl (C=O) groups excluding carboxylic acids is 1. The molecule has 5 nitrogen and oxygen atoms in total. The standard InChI is InChI=1S/C15H8ClNO4/c16-10-5-6-13(17(19)20)9(7-10)8-14-11-3-1-2-4-12(11)15(18)21-14/h1-8H/b14-8-. The molecule has 0 unspecified atom stereocenters. The quantitative estimate of drug-likeness (QED) is 0.479. The van der Waals surface area contributed by atoms with Crippen molar-refractivity contribution in [1.82, 2.24) is 0 Å². The van der Waals surface area contributed by atoms with E-state index in [1.54, 1.807) is 24.3 Å². The van der Waals surface area contributed by atoms with Crippen molar-refractivity contribution >= 4 is 35.1 Å². The van der Waals surface area contributed by atoms with Crippen molar-refractivity contribution in [3.8, 4) is 0 Å². The Morgan fingerprint density at radius 1 is 1.14 bits per heavy atom. The van der Waals surface area contributed by atoms with E-state index in [1.165, 1.54) is 24.3 Å². The van der Waals surface area contributed by atoms with Crippen molar-refractivity contribution in [3.05, 3.63) is 74.3 Å². The molecule has 2 aromatic carbocycles. The van der Waals surface area contributed by atoms with E-state index in [0.717, 1.165) is 0 Å². The molecular formula is C15H8ClNO4. The van der Waals surface area contributed by atoms with Gasteiger partial charge in [-0.05, 0) is 24.3 Å². The molecule has 0 spiro atoms. The number of nitro benzene ring substituents is 1. The molecule has 0 aliphatic carbocycles. The Labute approximate surface area is 124 Å². The molecule has 21 heavy (non-hydrogen) atoms. The molecule has 0 saturated carbocycles. The summed E-state index contributed by atoms with van der Waals surface area (Å²) in [4.78, 5) is 22.3. The monoisotopic (exact) mass is 301 g/mol. The zero-order chi connectivity index (χ0) is 15.0. The van der Waals surface area contributed by atoms with Gasteiger partial charge in [-0.25, -0.2) is 4.79 Å². The maximum atomic E-state index is 11.7. The third-order valence-electron chi connectivity index (χ3n) is 3.09. The summed E-state index contributed by atoms with van der Waals surface area (Å²) in [6.07, 6.45) is 1.45. The van der Waals surface area contributed by atoms with Gasteiger partial charge in [0.05, 0.1) is 16.1 Å². The number of esters is 1. The van der Waals surface area contributed by atoms with E-state index in [0.29, 0.717) is 16.1 Å². The van der Waals surface area contributed by atoms with Gasteiger partial charge in [-0.3, -0.25) is 10.1 Å². The third-order valence-corrected chi connectivity index (χ3v) is 3.32. The molecule has 0 amide bonds. The van der Waals surface area contributed by atoms with E-state index < -0.39 is 10.9 Å². The molecule has 0 bridgehead atoms. The minimum absolute atomic E-state index is 0.104. The van der Waals surface area contributed by atoms with E-state index >= 15 is 0 Å². The highest BCUT2D eigenvalue weighted by Crippen LogP contribution is 2.33. The van der Waals surface area contributed by atoms with E-state index in [2.05, 4.69) is 0 Å². The SMILES string of the molecule is O=C1O/C(=C\c2cc(Cl)ccc2[N+](=O)[O-])c2ccccc21. The molecule has 0 atom stereocenters. The van der Waals surface area contributed by atoms with Crippen LogP contribution in [0.25, 0.3) is 11.8 Å². The highest BCUT2D eigenvalue weighted by Gasteiger charge is 2.26. The Hall–Kier alpha value is -2.66. The first-order chi connectivity index (χ1) is 10.1. The van der Waals surface area contributed by atoms with Crippen LogP contribution in [0, 0.1) is 10.1 Å². The van der Waals surface area contributed by atoms with Crippen LogP contribution in [0.5, 0.6) is 0 Å². The number of fused-ring (bicyclic) bond motifs is 1. The zero-order valence-electron chi connectivity index (χ0n) is 10.6. The summed E-state index contributed by atoms with van der Waals surface area (Å²) in [5.74, 6) is -0.192. The van der Waals surface area contributed by atoms with Crippen LogP contribution < -0.4 is 0 Å². The number of cyclic esters (lactones) is 1. The average molecular weight is 302 g/mol. The van der Waals surface area contributed by atoms with Crippen molar-refractivity contribution < 1.29 is 14.5 Å². The van der Waals surface area contributed by atoms with Crippen molar-refractivity contribution in [2.24, 2.45) is 0 Å². The number of halogens is 1. The number of carbonyl (C=O) groups is 1. The average Bonchev–Trinajstić information content (AvgIpc) is 2.76. The Morgan fingerprint density at radius 3 is 2.57 bits per heavy atom. The molecular weight excluding hydrogens is 294 g/mol. The lowest BCUT2D eigenvalue weighted by molar-refractivity contribution is -0.385. The molecule has 0 aromatic heterocycles. The van der Waals surface area contributed by atoms with E-state index in [1.807, 2.05) is 0 Å². The lowest BCUT2D eigenvalue weighted by Crippen LogP contribution is -1.93. The summed E-state index contributed by atoms with van der Waals surface area (Å²) in [7, 11) is 0. The number of hydrogen-bond acceptors (Lipinski definition) is 4. The normalized spacial score (nSPS) is 14.9. The van der Waals surface area contributed by atoms with Crippen molar-refractivity contribution in [3.63, 3.8) is 0 Å². The minimum atomic E-state index is -0.509. The summed E-state index contributed by atoms with van der Waals surface area (Å²) in [5, 5.41) is 11.4. The molecule has 0 radical (unpaired) electrons. The zero-order valence-corrected chi connectivity index (χ0v) is 11.3. The lowest BCUT2D eigenvalue weighted by atomic mass is 10.1. The molecule has 0 fully saturated rings. The maximum Gasteiger partial charge on any atom is 0.344 e.